The molecular weight excluding hydrogens is 308 g/mol. The van der Waals surface area contributed by atoms with Gasteiger partial charge in [0.1, 0.15) is 6.33 Å². The lowest BCUT2D eigenvalue weighted by Gasteiger charge is -2.23. The molecule has 3 aromatic heterocycles. The SMILES string of the molecule is Cc1nc2c(s1)CCCC2Nc1cc(C(C)C)nn2cnnc12. The van der Waals surface area contributed by atoms with Crippen molar-refractivity contribution >= 4 is 22.7 Å². The smallest absolute Gasteiger partial charge is 0.200 e. The predicted molar refractivity (Wildman–Crippen MR) is 91.0 cm³/mol. The first-order chi connectivity index (χ1) is 11.1. The highest BCUT2D eigenvalue weighted by atomic mass is 32.1. The summed E-state index contributed by atoms with van der Waals surface area (Å²) in [7, 11) is 0. The van der Waals surface area contributed by atoms with Crippen LogP contribution in [0.2, 0.25) is 0 Å². The number of hydrogen-bond donors (Lipinski definition) is 1. The van der Waals surface area contributed by atoms with Crippen LogP contribution in [0.4, 0.5) is 5.69 Å². The van der Waals surface area contributed by atoms with Gasteiger partial charge in [0, 0.05) is 4.88 Å². The number of fused-ring (bicyclic) bond motifs is 2. The van der Waals surface area contributed by atoms with Gasteiger partial charge in [-0.2, -0.15) is 9.61 Å². The Kier molecular flexibility index (Phi) is 3.52. The number of rotatable bonds is 3. The van der Waals surface area contributed by atoms with Gasteiger partial charge in [-0.25, -0.2) is 4.98 Å². The highest BCUT2D eigenvalue weighted by Crippen LogP contribution is 2.36. The van der Waals surface area contributed by atoms with Gasteiger partial charge in [0.25, 0.3) is 0 Å². The summed E-state index contributed by atoms with van der Waals surface area (Å²) in [5, 5.41) is 17.6. The molecule has 1 aliphatic rings. The Bertz CT molecular complexity index is 849. The van der Waals surface area contributed by atoms with Crippen molar-refractivity contribution in [3.05, 3.63) is 33.7 Å². The second-order valence-electron chi connectivity index (χ2n) is 6.37. The van der Waals surface area contributed by atoms with Gasteiger partial charge in [0.2, 0.25) is 5.65 Å². The first kappa shape index (κ1) is 14.6. The largest absolute Gasteiger partial charge is 0.373 e. The Hall–Kier alpha value is -2.02. The van der Waals surface area contributed by atoms with E-state index in [9.17, 15) is 0 Å². The summed E-state index contributed by atoms with van der Waals surface area (Å²) in [6, 6.07) is 2.34. The molecule has 0 fully saturated rings. The fourth-order valence-corrected chi connectivity index (χ4v) is 4.14. The van der Waals surface area contributed by atoms with Crippen molar-refractivity contribution in [3.63, 3.8) is 0 Å². The van der Waals surface area contributed by atoms with Crippen LogP contribution >= 0.6 is 11.3 Å². The minimum absolute atomic E-state index is 0.242. The maximum atomic E-state index is 4.75. The monoisotopic (exact) mass is 328 g/mol. The maximum Gasteiger partial charge on any atom is 0.200 e. The van der Waals surface area contributed by atoms with Crippen LogP contribution < -0.4 is 5.32 Å². The van der Waals surface area contributed by atoms with E-state index in [4.69, 9.17) is 4.98 Å². The first-order valence-electron chi connectivity index (χ1n) is 8.05. The highest BCUT2D eigenvalue weighted by molar-refractivity contribution is 7.11. The Balaban J connectivity index is 1.74. The van der Waals surface area contributed by atoms with Crippen LogP contribution in [0.1, 0.15) is 59.9 Å². The quantitative estimate of drug-likeness (QED) is 0.797. The molecule has 0 amide bonds. The topological polar surface area (TPSA) is 68.0 Å². The van der Waals surface area contributed by atoms with Gasteiger partial charge in [-0.1, -0.05) is 13.8 Å². The molecule has 1 aliphatic carbocycles. The van der Waals surface area contributed by atoms with Gasteiger partial charge in [-0.05, 0) is 38.2 Å². The van der Waals surface area contributed by atoms with Gasteiger partial charge in [-0.15, -0.1) is 21.5 Å². The van der Waals surface area contributed by atoms with Crippen LogP contribution in [0.15, 0.2) is 12.4 Å². The molecule has 4 rings (SSSR count). The average molecular weight is 328 g/mol. The summed E-state index contributed by atoms with van der Waals surface area (Å²) in [6.45, 7) is 6.37. The number of nitrogens with zero attached hydrogens (tertiary/aromatic N) is 5. The third kappa shape index (κ3) is 2.59. The molecule has 0 spiro atoms. The Labute approximate surface area is 139 Å². The van der Waals surface area contributed by atoms with E-state index in [1.165, 1.54) is 17.0 Å². The molecule has 3 aromatic rings. The van der Waals surface area contributed by atoms with Crippen molar-refractivity contribution in [2.24, 2.45) is 0 Å². The number of thiazole rings is 1. The molecule has 0 saturated heterocycles. The van der Waals surface area contributed by atoms with E-state index in [0.29, 0.717) is 5.92 Å². The standard InChI is InChI=1S/C16H20N6S/c1-9(2)12-7-13(16-20-17-8-22(16)21-12)19-11-5-4-6-14-15(11)18-10(3)23-14/h7-9,11,19H,4-6H2,1-3H3. The van der Waals surface area contributed by atoms with Gasteiger partial charge in [0.15, 0.2) is 0 Å². The average Bonchev–Trinajstić information content (AvgIpc) is 3.12. The van der Waals surface area contributed by atoms with Crippen molar-refractivity contribution in [1.82, 2.24) is 24.8 Å². The minimum Gasteiger partial charge on any atom is -0.373 e. The molecule has 23 heavy (non-hydrogen) atoms. The fraction of sp³-hybridized carbons (Fsp3) is 0.500. The number of nitrogens with one attached hydrogen (secondary N) is 1. The van der Waals surface area contributed by atoms with Crippen molar-refractivity contribution in [2.75, 3.05) is 5.32 Å². The summed E-state index contributed by atoms with van der Waals surface area (Å²) in [5.74, 6) is 0.353. The van der Waals surface area contributed by atoms with Crippen LogP contribution in [0.3, 0.4) is 0 Å². The van der Waals surface area contributed by atoms with E-state index in [1.54, 1.807) is 10.8 Å². The zero-order valence-electron chi connectivity index (χ0n) is 13.6. The third-order valence-corrected chi connectivity index (χ3v) is 5.32. The molecule has 0 aliphatic heterocycles. The third-order valence-electron chi connectivity index (χ3n) is 4.27. The highest BCUT2D eigenvalue weighted by Gasteiger charge is 2.25. The lowest BCUT2D eigenvalue weighted by atomic mass is 9.97. The van der Waals surface area contributed by atoms with Crippen LogP contribution in [-0.2, 0) is 6.42 Å². The maximum absolute atomic E-state index is 4.75. The Morgan fingerprint density at radius 2 is 2.26 bits per heavy atom. The van der Waals surface area contributed by atoms with Crippen LogP contribution in [-0.4, -0.2) is 24.8 Å². The van der Waals surface area contributed by atoms with Gasteiger partial charge < -0.3 is 5.32 Å². The lowest BCUT2D eigenvalue weighted by Crippen LogP contribution is -2.18. The van der Waals surface area contributed by atoms with Gasteiger partial charge in [-0.3, -0.25) is 0 Å². The van der Waals surface area contributed by atoms with E-state index < -0.39 is 0 Å². The van der Waals surface area contributed by atoms with Crippen molar-refractivity contribution < 1.29 is 0 Å². The van der Waals surface area contributed by atoms with Crippen LogP contribution in [0.5, 0.6) is 0 Å². The number of aromatic nitrogens is 5. The molecule has 0 aromatic carbocycles. The minimum atomic E-state index is 0.242. The molecule has 0 bridgehead atoms. The van der Waals surface area contributed by atoms with E-state index in [0.717, 1.165) is 34.9 Å². The number of aryl methyl sites for hydroxylation is 2. The van der Waals surface area contributed by atoms with E-state index in [1.807, 2.05) is 11.3 Å². The molecule has 0 radical (unpaired) electrons. The van der Waals surface area contributed by atoms with Gasteiger partial charge >= 0.3 is 0 Å². The van der Waals surface area contributed by atoms with E-state index in [-0.39, 0.29) is 6.04 Å². The molecular formula is C16H20N6S. The molecule has 0 saturated carbocycles. The van der Waals surface area contributed by atoms with Crippen LogP contribution in [0, 0.1) is 6.92 Å². The van der Waals surface area contributed by atoms with E-state index >= 15 is 0 Å². The van der Waals surface area contributed by atoms with Crippen molar-refractivity contribution in [1.29, 1.82) is 0 Å². The van der Waals surface area contributed by atoms with E-state index in [2.05, 4.69) is 47.5 Å². The summed E-state index contributed by atoms with van der Waals surface area (Å²) in [4.78, 5) is 6.17. The zero-order chi connectivity index (χ0) is 16.0. The molecule has 7 heteroatoms. The summed E-state index contributed by atoms with van der Waals surface area (Å²) >= 11 is 1.82. The first-order valence-corrected chi connectivity index (χ1v) is 8.87. The summed E-state index contributed by atoms with van der Waals surface area (Å²) in [6.07, 6.45) is 5.09. The molecule has 1 N–H and O–H groups in total. The Morgan fingerprint density at radius 3 is 3.09 bits per heavy atom. The normalized spacial score (nSPS) is 17.7. The summed E-state index contributed by atoms with van der Waals surface area (Å²) < 4.78 is 1.76. The second kappa shape index (κ2) is 5.56. The lowest BCUT2D eigenvalue weighted by molar-refractivity contribution is 0.593. The molecule has 1 atom stereocenters. The molecule has 120 valence electrons. The predicted octanol–water partition coefficient (Wildman–Crippen LogP) is 3.50. The van der Waals surface area contributed by atoms with Crippen molar-refractivity contribution in [3.8, 4) is 0 Å². The fourth-order valence-electron chi connectivity index (χ4n) is 3.10. The number of hydrogen-bond acceptors (Lipinski definition) is 6. The second-order valence-corrected chi connectivity index (χ2v) is 7.65. The molecule has 6 nitrogen and oxygen atoms in total. The van der Waals surface area contributed by atoms with Crippen LogP contribution in [0.25, 0.3) is 5.65 Å². The Morgan fingerprint density at radius 1 is 1.39 bits per heavy atom. The molecule has 1 unspecified atom stereocenters. The number of anilines is 1. The zero-order valence-corrected chi connectivity index (χ0v) is 14.4. The molecule has 3 heterocycles. The van der Waals surface area contributed by atoms with Crippen molar-refractivity contribution in [2.45, 2.75) is 52.0 Å². The van der Waals surface area contributed by atoms with Gasteiger partial charge in [0.05, 0.1) is 28.1 Å². The summed E-state index contributed by atoms with van der Waals surface area (Å²) in [5.41, 5.74) is 4.00.